The third-order valence-corrected chi connectivity index (χ3v) is 4.18. The van der Waals surface area contributed by atoms with Crippen LogP contribution in [0.15, 0.2) is 54.6 Å². The highest BCUT2D eigenvalue weighted by Crippen LogP contribution is 2.19. The van der Waals surface area contributed by atoms with E-state index in [1.807, 2.05) is 59.5 Å². The zero-order valence-corrected chi connectivity index (χ0v) is 13.0. The third kappa shape index (κ3) is 3.90. The molecule has 1 aliphatic rings. The monoisotopic (exact) mass is 311 g/mol. The quantitative estimate of drug-likeness (QED) is 0.923. The Morgan fingerprint density at radius 3 is 2.52 bits per heavy atom. The molecule has 1 saturated heterocycles. The summed E-state index contributed by atoms with van der Waals surface area (Å²) in [5.41, 5.74) is 1.71. The maximum Gasteiger partial charge on any atom is 0.253 e. The third-order valence-electron chi connectivity index (χ3n) is 4.18. The summed E-state index contributed by atoms with van der Waals surface area (Å²) in [7, 11) is 0. The molecule has 0 aliphatic carbocycles. The van der Waals surface area contributed by atoms with Crippen LogP contribution in [0.25, 0.3) is 0 Å². The predicted octanol–water partition coefficient (Wildman–Crippen LogP) is 2.72. The Labute approximate surface area is 136 Å². The van der Waals surface area contributed by atoms with Crippen molar-refractivity contribution >= 4 is 5.91 Å². The summed E-state index contributed by atoms with van der Waals surface area (Å²) in [6, 6.07) is 17.2. The van der Waals surface area contributed by atoms with Crippen LogP contribution in [0.2, 0.25) is 0 Å². The second-order valence-corrected chi connectivity index (χ2v) is 5.89. The van der Waals surface area contributed by atoms with E-state index in [9.17, 15) is 9.90 Å². The molecule has 4 heteroatoms. The lowest BCUT2D eigenvalue weighted by Gasteiger charge is -2.16. The second kappa shape index (κ2) is 7.29. The number of rotatable bonds is 5. The summed E-state index contributed by atoms with van der Waals surface area (Å²) in [5, 5.41) is 9.17. The molecular formula is C19H21NO3. The van der Waals surface area contributed by atoms with E-state index in [4.69, 9.17) is 4.74 Å². The number of benzene rings is 2. The maximum absolute atomic E-state index is 12.4. The van der Waals surface area contributed by atoms with Gasteiger partial charge in [-0.15, -0.1) is 0 Å². The van der Waals surface area contributed by atoms with Crippen LogP contribution in [0.3, 0.4) is 0 Å². The number of amides is 1. The Morgan fingerprint density at radius 1 is 1.13 bits per heavy atom. The average Bonchev–Trinajstić information content (AvgIpc) is 3.10. The van der Waals surface area contributed by atoms with Crippen LogP contribution in [-0.2, 0) is 6.61 Å². The Bertz CT molecular complexity index is 639. The molecule has 0 bridgehead atoms. The van der Waals surface area contributed by atoms with Crippen molar-refractivity contribution in [2.45, 2.75) is 13.0 Å². The molecule has 1 atom stereocenters. The highest BCUT2D eigenvalue weighted by atomic mass is 16.5. The van der Waals surface area contributed by atoms with Gasteiger partial charge in [0.05, 0.1) is 0 Å². The maximum atomic E-state index is 12.4. The van der Waals surface area contributed by atoms with Crippen molar-refractivity contribution in [2.75, 3.05) is 19.7 Å². The first-order valence-corrected chi connectivity index (χ1v) is 7.93. The summed E-state index contributed by atoms with van der Waals surface area (Å²) in [4.78, 5) is 14.2. The summed E-state index contributed by atoms with van der Waals surface area (Å²) >= 11 is 0. The van der Waals surface area contributed by atoms with Gasteiger partial charge in [0.2, 0.25) is 0 Å². The van der Waals surface area contributed by atoms with Gasteiger partial charge < -0.3 is 14.7 Å². The van der Waals surface area contributed by atoms with Crippen molar-refractivity contribution in [1.82, 2.24) is 4.90 Å². The SMILES string of the molecule is O=C(c1ccc(COc2ccccc2)cc1)N1CCC(CO)C1. The molecule has 2 aromatic rings. The van der Waals surface area contributed by atoms with E-state index in [1.165, 1.54) is 0 Å². The fourth-order valence-corrected chi connectivity index (χ4v) is 2.78. The van der Waals surface area contributed by atoms with Crippen molar-refractivity contribution in [3.8, 4) is 5.75 Å². The van der Waals surface area contributed by atoms with Crippen molar-refractivity contribution in [3.63, 3.8) is 0 Å². The van der Waals surface area contributed by atoms with Gasteiger partial charge >= 0.3 is 0 Å². The lowest BCUT2D eigenvalue weighted by molar-refractivity contribution is 0.0782. The fraction of sp³-hybridized carbons (Fsp3) is 0.316. The number of hydrogen-bond donors (Lipinski definition) is 1. The largest absolute Gasteiger partial charge is 0.489 e. The number of nitrogens with zero attached hydrogens (tertiary/aromatic N) is 1. The number of hydrogen-bond acceptors (Lipinski definition) is 3. The number of carbonyl (C=O) groups excluding carboxylic acids is 1. The second-order valence-electron chi connectivity index (χ2n) is 5.89. The summed E-state index contributed by atoms with van der Waals surface area (Å²) in [6.45, 7) is 2.01. The van der Waals surface area contributed by atoms with Crippen LogP contribution < -0.4 is 4.74 Å². The predicted molar refractivity (Wildman–Crippen MR) is 88.3 cm³/mol. The molecule has 0 aromatic heterocycles. The van der Waals surface area contributed by atoms with Crippen LogP contribution in [-0.4, -0.2) is 35.6 Å². The highest BCUT2D eigenvalue weighted by molar-refractivity contribution is 5.94. The molecule has 1 heterocycles. The van der Waals surface area contributed by atoms with Crippen molar-refractivity contribution in [2.24, 2.45) is 5.92 Å². The first-order valence-electron chi connectivity index (χ1n) is 7.93. The Kier molecular flexibility index (Phi) is 4.93. The number of para-hydroxylation sites is 1. The minimum atomic E-state index is 0.0384. The van der Waals surface area contributed by atoms with Gasteiger partial charge in [-0.2, -0.15) is 0 Å². The first kappa shape index (κ1) is 15.6. The van der Waals surface area contributed by atoms with Gasteiger partial charge in [0.25, 0.3) is 5.91 Å². The highest BCUT2D eigenvalue weighted by Gasteiger charge is 2.26. The first-order chi connectivity index (χ1) is 11.3. The summed E-state index contributed by atoms with van der Waals surface area (Å²) < 4.78 is 5.70. The molecule has 0 radical (unpaired) electrons. The molecule has 120 valence electrons. The van der Waals surface area contributed by atoms with Crippen LogP contribution in [0.5, 0.6) is 5.75 Å². The summed E-state index contributed by atoms with van der Waals surface area (Å²) in [5.74, 6) is 1.09. The minimum absolute atomic E-state index is 0.0384. The van der Waals surface area contributed by atoms with E-state index < -0.39 is 0 Å². The normalized spacial score (nSPS) is 17.3. The van der Waals surface area contributed by atoms with Crippen molar-refractivity contribution in [3.05, 3.63) is 65.7 Å². The van der Waals surface area contributed by atoms with Crippen LogP contribution in [0, 0.1) is 5.92 Å². The van der Waals surface area contributed by atoms with Gasteiger partial charge in [-0.1, -0.05) is 30.3 Å². The molecule has 1 N–H and O–H groups in total. The van der Waals surface area contributed by atoms with Crippen LogP contribution in [0.1, 0.15) is 22.3 Å². The van der Waals surface area contributed by atoms with E-state index in [-0.39, 0.29) is 18.4 Å². The summed E-state index contributed by atoms with van der Waals surface area (Å²) in [6.07, 6.45) is 0.880. The molecule has 23 heavy (non-hydrogen) atoms. The van der Waals surface area contributed by atoms with E-state index >= 15 is 0 Å². The fourth-order valence-electron chi connectivity index (χ4n) is 2.78. The zero-order chi connectivity index (χ0) is 16.1. The smallest absolute Gasteiger partial charge is 0.253 e. The molecule has 1 amide bonds. The molecule has 1 aliphatic heterocycles. The number of likely N-dealkylation sites (tertiary alicyclic amines) is 1. The standard InChI is InChI=1S/C19H21NO3/c21-13-16-10-11-20(12-16)19(22)17-8-6-15(7-9-17)14-23-18-4-2-1-3-5-18/h1-9,16,21H,10-14H2. The zero-order valence-electron chi connectivity index (χ0n) is 13.0. The van der Waals surface area contributed by atoms with Gasteiger partial charge in [0.15, 0.2) is 0 Å². The molecule has 1 fully saturated rings. The van der Waals surface area contributed by atoms with Crippen LogP contribution >= 0.6 is 0 Å². The van der Waals surface area contributed by atoms with Gasteiger partial charge in [-0.3, -0.25) is 4.79 Å². The van der Waals surface area contributed by atoms with E-state index in [1.54, 1.807) is 0 Å². The van der Waals surface area contributed by atoms with E-state index in [0.29, 0.717) is 18.7 Å². The van der Waals surface area contributed by atoms with Gasteiger partial charge in [0.1, 0.15) is 12.4 Å². The van der Waals surface area contributed by atoms with Gasteiger partial charge in [-0.05, 0) is 36.2 Å². The Balaban J connectivity index is 1.57. The number of ether oxygens (including phenoxy) is 1. The van der Waals surface area contributed by atoms with E-state index in [2.05, 4.69) is 0 Å². The lowest BCUT2D eigenvalue weighted by Crippen LogP contribution is -2.29. The minimum Gasteiger partial charge on any atom is -0.489 e. The lowest BCUT2D eigenvalue weighted by atomic mass is 10.1. The van der Waals surface area contributed by atoms with Gasteiger partial charge in [0, 0.05) is 31.2 Å². The number of aliphatic hydroxyl groups is 1. The van der Waals surface area contributed by atoms with E-state index in [0.717, 1.165) is 24.3 Å². The molecule has 0 spiro atoms. The molecule has 4 nitrogen and oxygen atoms in total. The van der Waals surface area contributed by atoms with Crippen molar-refractivity contribution < 1.29 is 14.6 Å². The van der Waals surface area contributed by atoms with Crippen molar-refractivity contribution in [1.29, 1.82) is 0 Å². The Morgan fingerprint density at radius 2 is 1.87 bits per heavy atom. The topological polar surface area (TPSA) is 49.8 Å². The molecular weight excluding hydrogens is 290 g/mol. The molecule has 3 rings (SSSR count). The Hall–Kier alpha value is -2.33. The number of aliphatic hydroxyl groups excluding tert-OH is 1. The van der Waals surface area contributed by atoms with Gasteiger partial charge in [-0.25, -0.2) is 0 Å². The molecule has 0 saturated carbocycles. The molecule has 1 unspecified atom stereocenters. The van der Waals surface area contributed by atoms with Crippen LogP contribution in [0.4, 0.5) is 0 Å². The average molecular weight is 311 g/mol. The number of carbonyl (C=O) groups is 1. The molecule has 2 aromatic carbocycles.